The first-order chi connectivity index (χ1) is 9.36. The van der Waals surface area contributed by atoms with Crippen molar-refractivity contribution in [2.45, 2.75) is 31.8 Å². The summed E-state index contributed by atoms with van der Waals surface area (Å²) in [6, 6.07) is 7.89. The van der Waals surface area contributed by atoms with Crippen LogP contribution in [0.4, 0.5) is 0 Å². The van der Waals surface area contributed by atoms with Crippen LogP contribution in [0.3, 0.4) is 0 Å². The molecule has 0 aliphatic heterocycles. The summed E-state index contributed by atoms with van der Waals surface area (Å²) >= 11 is 0. The molecule has 0 radical (unpaired) electrons. The van der Waals surface area contributed by atoms with Crippen molar-refractivity contribution in [2.24, 2.45) is 5.92 Å². The maximum Gasteiger partial charge on any atom is 0.149 e. The summed E-state index contributed by atoms with van der Waals surface area (Å²) < 4.78 is 6.08. The van der Waals surface area contributed by atoms with Crippen molar-refractivity contribution in [3.05, 3.63) is 30.5 Å². The number of fused-ring (bicyclic) bond motifs is 1. The molecule has 1 aromatic heterocycles. The van der Waals surface area contributed by atoms with Gasteiger partial charge in [0.1, 0.15) is 5.75 Å². The molecule has 1 N–H and O–H groups in total. The van der Waals surface area contributed by atoms with E-state index in [0.717, 1.165) is 42.3 Å². The van der Waals surface area contributed by atoms with Gasteiger partial charge >= 0.3 is 0 Å². The van der Waals surface area contributed by atoms with Crippen LogP contribution < -0.4 is 4.74 Å². The van der Waals surface area contributed by atoms with Gasteiger partial charge in [-0.25, -0.2) is 0 Å². The minimum atomic E-state index is 0.232. The number of aliphatic hydroxyl groups excluding tert-OH is 1. The minimum Gasteiger partial charge on any atom is -0.488 e. The fourth-order valence-corrected chi connectivity index (χ4v) is 2.69. The third-order valence-electron chi connectivity index (χ3n) is 3.86. The molecule has 0 atom stereocenters. The summed E-state index contributed by atoms with van der Waals surface area (Å²) in [6.07, 6.45) is 6.01. The van der Waals surface area contributed by atoms with Gasteiger partial charge in [0.05, 0.1) is 17.8 Å². The van der Waals surface area contributed by atoms with Gasteiger partial charge in [-0.05, 0) is 43.7 Å². The highest BCUT2D eigenvalue weighted by Gasteiger charge is 2.22. The maximum absolute atomic E-state index is 9.15. The molecule has 1 fully saturated rings. The number of benzene rings is 1. The first kappa shape index (κ1) is 12.4. The van der Waals surface area contributed by atoms with Gasteiger partial charge in [0.2, 0.25) is 0 Å². The van der Waals surface area contributed by atoms with Crippen molar-refractivity contribution < 1.29 is 9.84 Å². The number of rotatable bonds is 3. The molecule has 1 aliphatic carbocycles. The highest BCUT2D eigenvalue weighted by atomic mass is 16.5. The van der Waals surface area contributed by atoms with Crippen molar-refractivity contribution in [2.75, 3.05) is 6.61 Å². The van der Waals surface area contributed by atoms with E-state index in [-0.39, 0.29) is 6.10 Å². The summed E-state index contributed by atoms with van der Waals surface area (Å²) in [6.45, 7) is 0.298. The third-order valence-corrected chi connectivity index (χ3v) is 3.86. The summed E-state index contributed by atoms with van der Waals surface area (Å²) in [7, 11) is 0. The monoisotopic (exact) mass is 258 g/mol. The van der Waals surface area contributed by atoms with Crippen molar-refractivity contribution >= 4 is 10.9 Å². The standard InChI is InChI=1S/C15H18N2O2/c18-10-11-5-7-12(8-6-11)19-15-9-16-17-14-4-2-1-3-13(14)15/h1-4,9,11-12,18H,5-8,10H2. The minimum absolute atomic E-state index is 0.232. The number of ether oxygens (including phenoxy) is 1. The van der Waals surface area contributed by atoms with E-state index in [1.165, 1.54) is 0 Å². The normalized spacial score (nSPS) is 23.4. The zero-order valence-corrected chi connectivity index (χ0v) is 10.8. The quantitative estimate of drug-likeness (QED) is 0.919. The van der Waals surface area contributed by atoms with Crippen molar-refractivity contribution in [1.29, 1.82) is 0 Å². The molecule has 0 spiro atoms. The average molecular weight is 258 g/mol. The molecule has 1 aliphatic rings. The number of hydrogen-bond acceptors (Lipinski definition) is 4. The van der Waals surface area contributed by atoms with E-state index >= 15 is 0 Å². The Bertz CT molecular complexity index is 545. The van der Waals surface area contributed by atoms with E-state index < -0.39 is 0 Å². The second-order valence-corrected chi connectivity index (χ2v) is 5.17. The van der Waals surface area contributed by atoms with Crippen LogP contribution in [0, 0.1) is 5.92 Å². The van der Waals surface area contributed by atoms with E-state index in [2.05, 4.69) is 10.2 Å². The zero-order chi connectivity index (χ0) is 13.1. The van der Waals surface area contributed by atoms with Crippen LogP contribution in [0.1, 0.15) is 25.7 Å². The molecule has 0 unspecified atom stereocenters. The predicted octanol–water partition coefficient (Wildman–Crippen LogP) is 2.56. The largest absolute Gasteiger partial charge is 0.488 e. The van der Waals surface area contributed by atoms with Gasteiger partial charge in [0, 0.05) is 12.0 Å². The van der Waals surface area contributed by atoms with E-state index in [1.807, 2.05) is 24.3 Å². The topological polar surface area (TPSA) is 55.2 Å². The van der Waals surface area contributed by atoms with Crippen LogP contribution in [-0.4, -0.2) is 28.0 Å². The van der Waals surface area contributed by atoms with Crippen LogP contribution in [0.2, 0.25) is 0 Å². The predicted molar refractivity (Wildman–Crippen MR) is 73.0 cm³/mol. The molecule has 1 aromatic carbocycles. The SMILES string of the molecule is OCC1CCC(Oc2cnnc3ccccc23)CC1. The molecule has 19 heavy (non-hydrogen) atoms. The van der Waals surface area contributed by atoms with Crippen molar-refractivity contribution in [3.8, 4) is 5.75 Å². The Hall–Kier alpha value is -1.68. The first-order valence-corrected chi connectivity index (χ1v) is 6.85. The van der Waals surface area contributed by atoms with Gasteiger partial charge in [-0.3, -0.25) is 0 Å². The van der Waals surface area contributed by atoms with E-state index in [9.17, 15) is 0 Å². The number of hydrogen-bond donors (Lipinski definition) is 1. The molecule has 3 rings (SSSR count). The lowest BCUT2D eigenvalue weighted by molar-refractivity contribution is 0.105. The number of aliphatic hydroxyl groups is 1. The molecule has 4 nitrogen and oxygen atoms in total. The van der Waals surface area contributed by atoms with E-state index in [0.29, 0.717) is 12.5 Å². The van der Waals surface area contributed by atoms with Gasteiger partial charge in [-0.15, -0.1) is 0 Å². The molecule has 0 saturated heterocycles. The fraction of sp³-hybridized carbons (Fsp3) is 0.467. The molecule has 0 bridgehead atoms. The lowest BCUT2D eigenvalue weighted by Crippen LogP contribution is -2.25. The van der Waals surface area contributed by atoms with Crippen LogP contribution >= 0.6 is 0 Å². The molecule has 1 heterocycles. The van der Waals surface area contributed by atoms with Gasteiger partial charge in [-0.2, -0.15) is 10.2 Å². The van der Waals surface area contributed by atoms with Crippen LogP contribution in [-0.2, 0) is 0 Å². The number of nitrogens with zero attached hydrogens (tertiary/aromatic N) is 2. The molecular formula is C15H18N2O2. The number of aromatic nitrogens is 2. The summed E-state index contributed by atoms with van der Waals surface area (Å²) in [5, 5.41) is 18.3. The molecule has 0 amide bonds. The van der Waals surface area contributed by atoms with Gasteiger partial charge in [-0.1, -0.05) is 12.1 Å². The molecule has 4 heteroatoms. The Labute approximate surface area is 112 Å². The Balaban J connectivity index is 1.75. The molecular weight excluding hydrogens is 240 g/mol. The Morgan fingerprint density at radius 1 is 1.16 bits per heavy atom. The molecule has 2 aromatic rings. The molecule has 1 saturated carbocycles. The van der Waals surface area contributed by atoms with Gasteiger partial charge in [0.25, 0.3) is 0 Å². The van der Waals surface area contributed by atoms with Crippen LogP contribution in [0.5, 0.6) is 5.75 Å². The summed E-state index contributed by atoms with van der Waals surface area (Å²) in [4.78, 5) is 0. The second kappa shape index (κ2) is 5.53. The smallest absolute Gasteiger partial charge is 0.149 e. The summed E-state index contributed by atoms with van der Waals surface area (Å²) in [5.74, 6) is 1.27. The molecule has 100 valence electrons. The highest BCUT2D eigenvalue weighted by molar-refractivity contribution is 5.83. The Kier molecular flexibility index (Phi) is 3.60. The van der Waals surface area contributed by atoms with Crippen LogP contribution in [0.25, 0.3) is 10.9 Å². The van der Waals surface area contributed by atoms with Crippen LogP contribution in [0.15, 0.2) is 30.5 Å². The zero-order valence-electron chi connectivity index (χ0n) is 10.8. The Morgan fingerprint density at radius 3 is 2.74 bits per heavy atom. The van der Waals surface area contributed by atoms with E-state index in [1.54, 1.807) is 6.20 Å². The van der Waals surface area contributed by atoms with Crippen molar-refractivity contribution in [1.82, 2.24) is 10.2 Å². The van der Waals surface area contributed by atoms with Gasteiger partial charge < -0.3 is 9.84 Å². The maximum atomic E-state index is 9.15. The van der Waals surface area contributed by atoms with Crippen molar-refractivity contribution in [3.63, 3.8) is 0 Å². The summed E-state index contributed by atoms with van der Waals surface area (Å²) in [5.41, 5.74) is 0.865. The average Bonchev–Trinajstić information content (AvgIpc) is 2.48. The lowest BCUT2D eigenvalue weighted by Gasteiger charge is -2.28. The van der Waals surface area contributed by atoms with Gasteiger partial charge in [0.15, 0.2) is 0 Å². The highest BCUT2D eigenvalue weighted by Crippen LogP contribution is 2.29. The van der Waals surface area contributed by atoms with E-state index in [4.69, 9.17) is 9.84 Å². The Morgan fingerprint density at radius 2 is 1.95 bits per heavy atom. The third kappa shape index (κ3) is 2.68. The second-order valence-electron chi connectivity index (χ2n) is 5.17. The lowest BCUT2D eigenvalue weighted by atomic mass is 9.88. The fourth-order valence-electron chi connectivity index (χ4n) is 2.69. The first-order valence-electron chi connectivity index (χ1n) is 6.85.